The molecule has 3 rings (SSSR count). The van der Waals surface area contributed by atoms with Crippen LogP contribution in [0, 0.1) is 4.77 Å². The lowest BCUT2D eigenvalue weighted by atomic mass is 10.2. The molecule has 0 spiro atoms. The third-order valence-corrected chi connectivity index (χ3v) is 3.54. The maximum absolute atomic E-state index is 4.97. The van der Waals surface area contributed by atoms with E-state index in [-0.39, 0.29) is 0 Å². The summed E-state index contributed by atoms with van der Waals surface area (Å²) in [6.45, 7) is 4.20. The first kappa shape index (κ1) is 12.3. The lowest BCUT2D eigenvalue weighted by molar-refractivity contribution is 0.312. The van der Waals surface area contributed by atoms with Crippen molar-refractivity contribution in [2.45, 2.75) is 0 Å². The predicted octanol–water partition coefficient (Wildman–Crippen LogP) is 1.28. The van der Waals surface area contributed by atoms with E-state index in [1.54, 1.807) is 0 Å². The molecule has 0 atom stereocenters. The van der Waals surface area contributed by atoms with E-state index < -0.39 is 0 Å². The maximum atomic E-state index is 4.97. The van der Waals surface area contributed by atoms with Gasteiger partial charge in [0.05, 0.1) is 0 Å². The van der Waals surface area contributed by atoms with E-state index in [1.165, 1.54) is 0 Å². The van der Waals surface area contributed by atoms with Crippen LogP contribution in [-0.2, 0) is 0 Å². The number of H-pyrrole nitrogens is 2. The van der Waals surface area contributed by atoms with Crippen LogP contribution in [0.4, 0.5) is 5.82 Å². The number of nitrogens with one attached hydrogen (secondary N) is 2. The number of nitrogens with zero attached hydrogens (tertiary/aromatic N) is 4. The maximum Gasteiger partial charge on any atom is 0.192 e. The van der Waals surface area contributed by atoms with Crippen molar-refractivity contribution in [2.24, 2.45) is 0 Å². The summed E-state index contributed by atoms with van der Waals surface area (Å²) in [6.07, 6.45) is 1.83. The van der Waals surface area contributed by atoms with Crippen LogP contribution in [0.3, 0.4) is 0 Å². The average molecular weight is 276 g/mol. The number of rotatable bonds is 2. The molecule has 2 N–H and O–H groups in total. The van der Waals surface area contributed by atoms with Crippen LogP contribution in [0.5, 0.6) is 0 Å². The quantitative estimate of drug-likeness (QED) is 0.809. The minimum atomic E-state index is 0.526. The molecule has 19 heavy (non-hydrogen) atoms. The molecular formula is C12H16N6S. The Morgan fingerprint density at radius 2 is 2.00 bits per heavy atom. The van der Waals surface area contributed by atoms with Gasteiger partial charge in [-0.2, -0.15) is 5.10 Å². The molecule has 0 saturated carbocycles. The molecule has 1 saturated heterocycles. The van der Waals surface area contributed by atoms with Gasteiger partial charge in [0.25, 0.3) is 0 Å². The number of aromatic nitrogens is 4. The highest BCUT2D eigenvalue weighted by Gasteiger charge is 2.15. The third-order valence-electron chi connectivity index (χ3n) is 3.35. The number of aromatic amines is 2. The zero-order chi connectivity index (χ0) is 13.2. The largest absolute Gasteiger partial charge is 0.354 e. The van der Waals surface area contributed by atoms with Crippen LogP contribution in [0.25, 0.3) is 11.4 Å². The first-order valence-electron chi connectivity index (χ1n) is 6.27. The highest BCUT2D eigenvalue weighted by Crippen LogP contribution is 2.18. The monoisotopic (exact) mass is 276 g/mol. The van der Waals surface area contributed by atoms with Crippen molar-refractivity contribution in [2.75, 3.05) is 38.1 Å². The molecule has 2 aromatic rings. The molecule has 2 aromatic heterocycles. The first-order chi connectivity index (χ1) is 9.22. The van der Waals surface area contributed by atoms with Gasteiger partial charge in [0.1, 0.15) is 5.82 Å². The molecule has 6 nitrogen and oxygen atoms in total. The molecule has 0 bridgehead atoms. The summed E-state index contributed by atoms with van der Waals surface area (Å²) in [5, 5.41) is 6.81. The van der Waals surface area contributed by atoms with Crippen LogP contribution >= 0.6 is 12.2 Å². The van der Waals surface area contributed by atoms with Crippen LogP contribution in [0.1, 0.15) is 0 Å². The Morgan fingerprint density at radius 1 is 1.21 bits per heavy atom. The van der Waals surface area contributed by atoms with Gasteiger partial charge in [0, 0.05) is 37.9 Å². The molecule has 7 heteroatoms. The Kier molecular flexibility index (Phi) is 3.31. The highest BCUT2D eigenvalue weighted by molar-refractivity contribution is 7.71. The van der Waals surface area contributed by atoms with E-state index in [0.29, 0.717) is 4.77 Å². The van der Waals surface area contributed by atoms with E-state index in [4.69, 9.17) is 12.2 Å². The predicted molar refractivity (Wildman–Crippen MR) is 76.7 cm³/mol. The Labute approximate surface area is 116 Å². The van der Waals surface area contributed by atoms with Crippen molar-refractivity contribution in [1.82, 2.24) is 25.1 Å². The summed E-state index contributed by atoms with van der Waals surface area (Å²) in [6, 6.07) is 4.05. The van der Waals surface area contributed by atoms with E-state index in [9.17, 15) is 0 Å². The van der Waals surface area contributed by atoms with Crippen molar-refractivity contribution >= 4 is 18.0 Å². The second kappa shape index (κ2) is 5.10. The lowest BCUT2D eigenvalue weighted by Crippen LogP contribution is -2.44. The molecule has 0 aromatic carbocycles. The van der Waals surface area contributed by atoms with Gasteiger partial charge < -0.3 is 14.8 Å². The Balaban J connectivity index is 1.77. The van der Waals surface area contributed by atoms with Gasteiger partial charge in [-0.1, -0.05) is 0 Å². The molecule has 1 fully saturated rings. The topological polar surface area (TPSA) is 63.8 Å². The fourth-order valence-electron chi connectivity index (χ4n) is 2.16. The minimum absolute atomic E-state index is 0.526. The van der Waals surface area contributed by atoms with Gasteiger partial charge in [-0.3, -0.25) is 5.10 Å². The zero-order valence-corrected chi connectivity index (χ0v) is 11.6. The van der Waals surface area contributed by atoms with Gasteiger partial charge in [-0.15, -0.1) is 0 Å². The van der Waals surface area contributed by atoms with Gasteiger partial charge in [0.2, 0.25) is 0 Å². The second-order valence-corrected chi connectivity index (χ2v) is 5.13. The van der Waals surface area contributed by atoms with Gasteiger partial charge in [-0.25, -0.2) is 4.98 Å². The SMILES string of the molecule is CN1CCN(c2ccc(-c3n[nH]c(=S)[nH]3)cn2)CC1. The fourth-order valence-corrected chi connectivity index (χ4v) is 2.30. The van der Waals surface area contributed by atoms with Crippen molar-refractivity contribution < 1.29 is 0 Å². The second-order valence-electron chi connectivity index (χ2n) is 4.72. The van der Waals surface area contributed by atoms with Gasteiger partial charge >= 0.3 is 0 Å². The third kappa shape index (κ3) is 2.66. The molecule has 0 amide bonds. The lowest BCUT2D eigenvalue weighted by Gasteiger charge is -2.33. The van der Waals surface area contributed by atoms with Crippen molar-refractivity contribution in [1.29, 1.82) is 0 Å². The van der Waals surface area contributed by atoms with E-state index in [0.717, 1.165) is 43.4 Å². The van der Waals surface area contributed by atoms with Crippen molar-refractivity contribution in [3.05, 3.63) is 23.1 Å². The van der Waals surface area contributed by atoms with Crippen LogP contribution in [0.15, 0.2) is 18.3 Å². The van der Waals surface area contributed by atoms with Gasteiger partial charge in [0.15, 0.2) is 10.6 Å². The van der Waals surface area contributed by atoms with Crippen LogP contribution < -0.4 is 4.90 Å². The molecular weight excluding hydrogens is 260 g/mol. The summed E-state index contributed by atoms with van der Waals surface area (Å²) in [5.41, 5.74) is 0.935. The molecule has 0 radical (unpaired) electrons. The molecule has 3 heterocycles. The molecule has 1 aliphatic rings. The van der Waals surface area contributed by atoms with Crippen LogP contribution in [-0.4, -0.2) is 58.3 Å². The summed E-state index contributed by atoms with van der Waals surface area (Å²) < 4.78 is 0.526. The number of hydrogen-bond acceptors (Lipinski definition) is 5. The van der Waals surface area contributed by atoms with Crippen LogP contribution in [0.2, 0.25) is 0 Å². The minimum Gasteiger partial charge on any atom is -0.354 e. The molecule has 1 aliphatic heterocycles. The summed E-state index contributed by atoms with van der Waals surface area (Å²) in [7, 11) is 2.15. The summed E-state index contributed by atoms with van der Waals surface area (Å²) in [5.74, 6) is 1.74. The number of pyridine rings is 1. The Hall–Kier alpha value is -1.73. The highest BCUT2D eigenvalue weighted by atomic mass is 32.1. The Bertz CT molecular complexity index is 593. The van der Waals surface area contributed by atoms with Crippen molar-refractivity contribution in [3.8, 4) is 11.4 Å². The normalized spacial score (nSPS) is 16.8. The summed E-state index contributed by atoms with van der Waals surface area (Å²) in [4.78, 5) is 12.1. The molecule has 0 aliphatic carbocycles. The zero-order valence-electron chi connectivity index (χ0n) is 10.8. The number of hydrogen-bond donors (Lipinski definition) is 2. The molecule has 100 valence electrons. The smallest absolute Gasteiger partial charge is 0.192 e. The van der Waals surface area contributed by atoms with Gasteiger partial charge in [-0.05, 0) is 31.4 Å². The first-order valence-corrected chi connectivity index (χ1v) is 6.68. The van der Waals surface area contributed by atoms with E-state index in [2.05, 4.69) is 37.0 Å². The number of piperazine rings is 1. The standard InChI is InChI=1S/C12H16N6S/c1-17-4-6-18(7-5-17)10-3-2-9(8-13-10)11-14-12(19)16-15-11/h2-3,8H,4-7H2,1H3,(H2,14,15,16,19). The summed E-state index contributed by atoms with van der Waals surface area (Å²) >= 11 is 4.97. The van der Waals surface area contributed by atoms with E-state index in [1.807, 2.05) is 18.3 Å². The fraction of sp³-hybridized carbons (Fsp3) is 0.417. The molecule has 0 unspecified atom stereocenters. The number of anilines is 1. The van der Waals surface area contributed by atoms with E-state index >= 15 is 0 Å². The average Bonchev–Trinajstić information content (AvgIpc) is 2.87. The number of likely N-dealkylation sites (N-methyl/N-ethyl adjacent to an activating group) is 1. The van der Waals surface area contributed by atoms with Crippen molar-refractivity contribution in [3.63, 3.8) is 0 Å². The Morgan fingerprint density at radius 3 is 2.58 bits per heavy atom.